The maximum Gasteiger partial charge on any atom is 0.306 e. The Morgan fingerprint density at radius 1 is 1.50 bits per heavy atom. The number of aliphatic carboxylic acids is 1. The molecule has 0 amide bonds. The molecule has 0 saturated heterocycles. The van der Waals surface area contributed by atoms with Crippen LogP contribution in [0.5, 0.6) is 0 Å². The van der Waals surface area contributed by atoms with Gasteiger partial charge in [-0.25, -0.2) is 0 Å². The highest BCUT2D eigenvalue weighted by molar-refractivity contribution is 5.85. The molecule has 4 heteroatoms. The minimum absolute atomic E-state index is 0. The molecule has 0 aromatic rings. The number of halogens is 1. The normalized spacial score (nSPS) is 35.3. The summed E-state index contributed by atoms with van der Waals surface area (Å²) in [6, 6.07) is 0. The second-order valence-electron chi connectivity index (χ2n) is 3.77. The molecular formula is C8H16ClNO2. The van der Waals surface area contributed by atoms with Crippen LogP contribution in [0.3, 0.4) is 0 Å². The number of nitrogens with two attached hydrogens (primary N) is 1. The largest absolute Gasteiger partial charge is 0.481 e. The molecule has 0 bridgehead atoms. The summed E-state index contributed by atoms with van der Waals surface area (Å²) < 4.78 is 0. The number of hydrogen-bond acceptors (Lipinski definition) is 2. The lowest BCUT2D eigenvalue weighted by Gasteiger charge is -2.32. The Labute approximate surface area is 78.7 Å². The molecule has 0 aliphatic heterocycles. The van der Waals surface area contributed by atoms with Crippen LogP contribution in [0.4, 0.5) is 0 Å². The van der Waals surface area contributed by atoms with Gasteiger partial charge in [0.2, 0.25) is 0 Å². The summed E-state index contributed by atoms with van der Waals surface area (Å²) >= 11 is 0. The van der Waals surface area contributed by atoms with E-state index in [1.165, 1.54) is 0 Å². The Hall–Kier alpha value is -0.280. The summed E-state index contributed by atoms with van der Waals surface area (Å²) in [6.07, 6.45) is 3.15. The number of carboxylic acid groups (broad SMARTS) is 1. The molecule has 0 spiro atoms. The van der Waals surface area contributed by atoms with Gasteiger partial charge in [-0.1, -0.05) is 0 Å². The number of hydrogen-bond donors (Lipinski definition) is 2. The Morgan fingerprint density at radius 3 is 2.25 bits per heavy atom. The van der Waals surface area contributed by atoms with Crippen LogP contribution in [0, 0.1) is 5.92 Å². The van der Waals surface area contributed by atoms with Gasteiger partial charge < -0.3 is 10.8 Å². The van der Waals surface area contributed by atoms with Crippen LogP contribution in [-0.4, -0.2) is 16.6 Å². The zero-order valence-corrected chi connectivity index (χ0v) is 8.06. The number of carbonyl (C=O) groups is 1. The van der Waals surface area contributed by atoms with Crippen LogP contribution < -0.4 is 5.73 Å². The fourth-order valence-electron chi connectivity index (χ4n) is 1.52. The van der Waals surface area contributed by atoms with E-state index in [0.29, 0.717) is 0 Å². The first-order valence-electron chi connectivity index (χ1n) is 4.03. The fourth-order valence-corrected chi connectivity index (χ4v) is 1.52. The van der Waals surface area contributed by atoms with Crippen molar-refractivity contribution in [1.29, 1.82) is 0 Å². The van der Waals surface area contributed by atoms with Gasteiger partial charge in [0.25, 0.3) is 0 Å². The Balaban J connectivity index is 0.00000121. The Kier molecular flexibility index (Phi) is 4.00. The summed E-state index contributed by atoms with van der Waals surface area (Å²) in [5.41, 5.74) is 5.73. The van der Waals surface area contributed by atoms with Crippen molar-refractivity contribution < 1.29 is 9.90 Å². The molecule has 1 aliphatic rings. The molecule has 0 atom stereocenters. The number of carboxylic acids is 1. The van der Waals surface area contributed by atoms with Gasteiger partial charge in [0.15, 0.2) is 0 Å². The molecule has 3 N–H and O–H groups in total. The second kappa shape index (κ2) is 4.10. The van der Waals surface area contributed by atoms with Gasteiger partial charge in [-0.2, -0.15) is 0 Å². The van der Waals surface area contributed by atoms with Gasteiger partial charge in [0, 0.05) is 5.54 Å². The maximum absolute atomic E-state index is 10.5. The van der Waals surface area contributed by atoms with E-state index >= 15 is 0 Å². The molecule has 1 fully saturated rings. The summed E-state index contributed by atoms with van der Waals surface area (Å²) in [5, 5.41) is 8.67. The van der Waals surface area contributed by atoms with Crippen molar-refractivity contribution in [3.8, 4) is 0 Å². The first-order chi connectivity index (χ1) is 5.01. The number of rotatable bonds is 1. The molecular weight excluding hydrogens is 178 g/mol. The van der Waals surface area contributed by atoms with Crippen LogP contribution in [0.15, 0.2) is 0 Å². The average molecular weight is 194 g/mol. The Morgan fingerprint density at radius 2 is 1.92 bits per heavy atom. The van der Waals surface area contributed by atoms with Gasteiger partial charge in [-0.05, 0) is 32.6 Å². The molecule has 0 unspecified atom stereocenters. The lowest BCUT2D eigenvalue weighted by molar-refractivity contribution is -0.143. The minimum atomic E-state index is -0.666. The van der Waals surface area contributed by atoms with Gasteiger partial charge in [-0.15, -0.1) is 12.4 Å². The van der Waals surface area contributed by atoms with Crippen molar-refractivity contribution in [3.63, 3.8) is 0 Å². The zero-order valence-electron chi connectivity index (χ0n) is 7.25. The lowest BCUT2D eigenvalue weighted by atomic mass is 9.78. The molecule has 0 aromatic heterocycles. The average Bonchev–Trinajstić information content (AvgIpc) is 1.86. The first kappa shape index (κ1) is 11.7. The topological polar surface area (TPSA) is 63.3 Å². The van der Waals surface area contributed by atoms with Gasteiger partial charge in [0.05, 0.1) is 5.92 Å². The summed E-state index contributed by atoms with van der Waals surface area (Å²) in [5.74, 6) is -0.813. The quantitative estimate of drug-likeness (QED) is 0.662. The molecule has 12 heavy (non-hydrogen) atoms. The van der Waals surface area contributed by atoms with Gasteiger partial charge >= 0.3 is 5.97 Å². The first-order valence-corrected chi connectivity index (χ1v) is 4.03. The molecule has 72 valence electrons. The highest BCUT2D eigenvalue weighted by Crippen LogP contribution is 2.29. The predicted molar refractivity (Wildman–Crippen MR) is 49.4 cm³/mol. The minimum Gasteiger partial charge on any atom is -0.481 e. The third kappa shape index (κ3) is 2.99. The van der Waals surface area contributed by atoms with E-state index in [1.54, 1.807) is 0 Å². The van der Waals surface area contributed by atoms with E-state index in [2.05, 4.69) is 0 Å². The van der Waals surface area contributed by atoms with Crippen molar-refractivity contribution in [2.45, 2.75) is 38.1 Å². The van der Waals surface area contributed by atoms with Crippen LogP contribution >= 0.6 is 12.4 Å². The Bertz CT molecular complexity index is 160. The fraction of sp³-hybridized carbons (Fsp3) is 0.875. The van der Waals surface area contributed by atoms with Crippen molar-refractivity contribution in [1.82, 2.24) is 0 Å². The van der Waals surface area contributed by atoms with E-state index < -0.39 is 5.97 Å². The van der Waals surface area contributed by atoms with Crippen molar-refractivity contribution in [2.24, 2.45) is 11.7 Å². The molecule has 3 nitrogen and oxygen atoms in total. The third-order valence-electron chi connectivity index (χ3n) is 2.48. The smallest absolute Gasteiger partial charge is 0.306 e. The highest BCUT2D eigenvalue weighted by atomic mass is 35.5. The van der Waals surface area contributed by atoms with Crippen LogP contribution in [0.25, 0.3) is 0 Å². The monoisotopic (exact) mass is 193 g/mol. The van der Waals surface area contributed by atoms with Crippen molar-refractivity contribution in [2.75, 3.05) is 0 Å². The third-order valence-corrected chi connectivity index (χ3v) is 2.48. The molecule has 1 saturated carbocycles. The van der Waals surface area contributed by atoms with Gasteiger partial charge in [-0.3, -0.25) is 4.79 Å². The SMILES string of the molecule is CC1(N)CCC(C(=O)O)CC1.Cl. The van der Waals surface area contributed by atoms with Crippen molar-refractivity contribution in [3.05, 3.63) is 0 Å². The van der Waals surface area contributed by atoms with Crippen molar-refractivity contribution >= 4 is 18.4 Å². The van der Waals surface area contributed by atoms with Crippen LogP contribution in [0.2, 0.25) is 0 Å². The molecule has 0 radical (unpaired) electrons. The van der Waals surface area contributed by atoms with Crippen LogP contribution in [0.1, 0.15) is 32.6 Å². The molecule has 1 rings (SSSR count). The van der Waals surface area contributed by atoms with E-state index in [0.717, 1.165) is 25.7 Å². The summed E-state index contributed by atoms with van der Waals surface area (Å²) in [6.45, 7) is 1.99. The lowest BCUT2D eigenvalue weighted by Crippen LogP contribution is -2.41. The second-order valence-corrected chi connectivity index (χ2v) is 3.77. The highest BCUT2D eigenvalue weighted by Gasteiger charge is 2.30. The summed E-state index contributed by atoms with van der Waals surface area (Å²) in [7, 11) is 0. The van der Waals surface area contributed by atoms with E-state index in [1.807, 2.05) is 6.92 Å². The summed E-state index contributed by atoms with van der Waals surface area (Å²) in [4.78, 5) is 10.5. The van der Waals surface area contributed by atoms with E-state index in [-0.39, 0.29) is 23.9 Å². The van der Waals surface area contributed by atoms with E-state index in [4.69, 9.17) is 10.8 Å². The van der Waals surface area contributed by atoms with Crippen LogP contribution in [-0.2, 0) is 4.79 Å². The zero-order chi connectivity index (χ0) is 8.48. The standard InChI is InChI=1S/C8H15NO2.ClH/c1-8(9)4-2-6(3-5-8)7(10)11;/h6H,2-5,9H2,1H3,(H,10,11);1H. The molecule has 0 aromatic carbocycles. The predicted octanol–water partition coefficient (Wildman–Crippen LogP) is 1.40. The van der Waals surface area contributed by atoms with E-state index in [9.17, 15) is 4.79 Å². The van der Waals surface area contributed by atoms with Gasteiger partial charge in [0.1, 0.15) is 0 Å². The molecule has 1 aliphatic carbocycles. The molecule has 0 heterocycles. The maximum atomic E-state index is 10.5.